The van der Waals surface area contributed by atoms with Crippen LogP contribution in [0.5, 0.6) is 5.75 Å². The van der Waals surface area contributed by atoms with E-state index in [-0.39, 0.29) is 30.3 Å². The van der Waals surface area contributed by atoms with Crippen molar-refractivity contribution in [1.29, 1.82) is 0 Å². The second kappa shape index (κ2) is 10.5. The van der Waals surface area contributed by atoms with Crippen molar-refractivity contribution in [1.82, 2.24) is 19.3 Å². The molecule has 0 N–H and O–H groups in total. The molecule has 0 bridgehead atoms. The molecule has 12 heteroatoms. The highest BCUT2D eigenvalue weighted by atomic mass is 79.9. The Bertz CT molecular complexity index is 1530. The van der Waals surface area contributed by atoms with Gasteiger partial charge in [0.1, 0.15) is 17.3 Å². The van der Waals surface area contributed by atoms with Crippen LogP contribution in [0.4, 0.5) is 13.2 Å². The van der Waals surface area contributed by atoms with Crippen LogP contribution in [0.2, 0.25) is 0 Å². The predicted octanol–water partition coefficient (Wildman–Crippen LogP) is 5.30. The van der Waals surface area contributed by atoms with Crippen LogP contribution in [-0.2, 0) is 35.7 Å². The van der Waals surface area contributed by atoms with Gasteiger partial charge in [-0.2, -0.15) is 17.5 Å². The van der Waals surface area contributed by atoms with Crippen LogP contribution in [0.15, 0.2) is 88.4 Å². The fourth-order valence-corrected chi connectivity index (χ4v) is 6.33. The quantitative estimate of drug-likeness (QED) is 0.298. The zero-order valence-corrected chi connectivity index (χ0v) is 22.2. The van der Waals surface area contributed by atoms with Crippen molar-refractivity contribution in [3.05, 3.63) is 106 Å². The first-order valence-corrected chi connectivity index (χ1v) is 13.9. The third-order valence-corrected chi connectivity index (χ3v) is 8.61. The first-order chi connectivity index (χ1) is 18.1. The summed E-state index contributed by atoms with van der Waals surface area (Å²) in [6.07, 6.45) is -2.39. The Balaban J connectivity index is 1.41. The van der Waals surface area contributed by atoms with E-state index in [2.05, 4.69) is 26.2 Å². The molecule has 1 aliphatic rings. The average molecular weight is 607 g/mol. The summed E-state index contributed by atoms with van der Waals surface area (Å²) in [7, 11) is -3.97. The third kappa shape index (κ3) is 5.77. The summed E-state index contributed by atoms with van der Waals surface area (Å²) in [5.74, 6) is 0.269. The van der Waals surface area contributed by atoms with Crippen molar-refractivity contribution in [3.63, 3.8) is 0 Å². The van der Waals surface area contributed by atoms with E-state index in [1.807, 2.05) is 30.3 Å². The van der Waals surface area contributed by atoms with Crippen LogP contribution in [0, 0.1) is 0 Å². The second-order valence-electron chi connectivity index (χ2n) is 8.90. The average Bonchev–Trinajstić information content (AvgIpc) is 3.28. The first kappa shape index (κ1) is 26.4. The van der Waals surface area contributed by atoms with Crippen molar-refractivity contribution in [3.8, 4) is 5.75 Å². The third-order valence-electron chi connectivity index (χ3n) is 6.17. The van der Waals surface area contributed by atoms with Gasteiger partial charge in [0.15, 0.2) is 0 Å². The molecule has 0 radical (unpaired) electrons. The molecule has 0 unspecified atom stereocenters. The molecule has 4 aromatic rings. The van der Waals surface area contributed by atoms with Crippen LogP contribution in [0.1, 0.15) is 22.4 Å². The summed E-state index contributed by atoms with van der Waals surface area (Å²) < 4.78 is 75.7. The molecule has 38 heavy (non-hydrogen) atoms. The topological polar surface area (TPSA) is 77.3 Å². The van der Waals surface area contributed by atoms with Crippen molar-refractivity contribution in [2.45, 2.75) is 36.6 Å². The summed E-state index contributed by atoms with van der Waals surface area (Å²) in [4.78, 5) is 0.0633. The van der Waals surface area contributed by atoms with Crippen molar-refractivity contribution in [2.75, 3.05) is 6.61 Å². The lowest BCUT2D eigenvalue weighted by molar-refractivity contribution is -0.137. The minimum Gasteiger partial charge on any atom is -0.490 e. The zero-order chi connectivity index (χ0) is 26.9. The van der Waals surface area contributed by atoms with Gasteiger partial charge in [0.25, 0.3) is 0 Å². The summed E-state index contributed by atoms with van der Waals surface area (Å²) in [6.45, 7) is 0.272. The summed E-state index contributed by atoms with van der Waals surface area (Å²) in [5, 5.41) is 8.22. The maximum Gasteiger partial charge on any atom is 0.416 e. The molecular weight excluding hydrogens is 585 g/mol. The van der Waals surface area contributed by atoms with E-state index in [4.69, 9.17) is 4.74 Å². The number of benzene rings is 3. The molecule has 0 spiro atoms. The van der Waals surface area contributed by atoms with Crippen LogP contribution in [0.25, 0.3) is 0 Å². The lowest BCUT2D eigenvalue weighted by Crippen LogP contribution is -2.42. The molecule has 0 fully saturated rings. The molecule has 1 aliphatic heterocycles. The minimum atomic E-state index is -4.41. The molecule has 2 heterocycles. The Morgan fingerprint density at radius 2 is 1.71 bits per heavy atom. The largest absolute Gasteiger partial charge is 0.490 e. The first-order valence-electron chi connectivity index (χ1n) is 11.6. The number of halogens is 4. The van der Waals surface area contributed by atoms with Crippen LogP contribution >= 0.6 is 15.9 Å². The van der Waals surface area contributed by atoms with E-state index in [9.17, 15) is 21.6 Å². The Kier molecular flexibility index (Phi) is 7.30. The van der Waals surface area contributed by atoms with Gasteiger partial charge in [0.05, 0.1) is 36.6 Å². The Morgan fingerprint density at radius 1 is 0.974 bits per heavy atom. The molecule has 0 saturated carbocycles. The van der Waals surface area contributed by atoms with Gasteiger partial charge in [0.2, 0.25) is 10.0 Å². The summed E-state index contributed by atoms with van der Waals surface area (Å²) in [5.41, 5.74) is 1.23. The van der Waals surface area contributed by atoms with Crippen molar-refractivity contribution >= 4 is 26.0 Å². The lowest BCUT2D eigenvalue weighted by Gasteiger charge is -2.27. The van der Waals surface area contributed by atoms with Gasteiger partial charge in [-0.15, -0.1) is 5.10 Å². The summed E-state index contributed by atoms with van der Waals surface area (Å²) in [6, 6.07) is 18.6. The maximum absolute atomic E-state index is 13.8. The molecule has 0 saturated heterocycles. The smallest absolute Gasteiger partial charge is 0.416 e. The predicted molar refractivity (Wildman–Crippen MR) is 137 cm³/mol. The number of sulfonamides is 1. The Hall–Kier alpha value is -3.22. The van der Waals surface area contributed by atoms with Crippen molar-refractivity contribution in [2.24, 2.45) is 0 Å². The molecule has 1 atom stereocenters. The molecule has 5 rings (SSSR count). The molecular formula is C26H22BrF3N4O3S. The van der Waals surface area contributed by atoms with E-state index in [1.165, 1.54) is 27.2 Å². The van der Waals surface area contributed by atoms with Gasteiger partial charge in [-0.05, 0) is 47.9 Å². The highest BCUT2D eigenvalue weighted by molar-refractivity contribution is 9.10. The molecule has 0 aliphatic carbocycles. The van der Waals surface area contributed by atoms with Gasteiger partial charge < -0.3 is 4.74 Å². The number of nitrogens with zero attached hydrogens (tertiary/aromatic N) is 4. The van der Waals surface area contributed by atoms with E-state index in [0.717, 1.165) is 17.7 Å². The minimum absolute atomic E-state index is 0.0499. The van der Waals surface area contributed by atoms with Crippen molar-refractivity contribution < 1.29 is 26.3 Å². The van der Waals surface area contributed by atoms with E-state index in [0.29, 0.717) is 22.2 Å². The number of hydrogen-bond acceptors (Lipinski definition) is 5. The van der Waals surface area contributed by atoms with E-state index in [1.54, 1.807) is 18.3 Å². The van der Waals surface area contributed by atoms with E-state index >= 15 is 0 Å². The molecule has 3 aromatic carbocycles. The zero-order valence-electron chi connectivity index (χ0n) is 19.8. The fourth-order valence-electron chi connectivity index (χ4n) is 4.29. The standard InChI is InChI=1S/C26H22BrF3N4O3S/c27-21-10-11-25-24(13-21)37-17-23(12-18-4-2-1-3-5-18)34(38(25,35)36)16-22-15-33(32-31-22)14-19-6-8-20(9-7-19)26(28,29)30/h1-11,13,15,23H,12,14,16-17H2/t23-/m1/s1. The molecule has 1 aromatic heterocycles. The second-order valence-corrected chi connectivity index (χ2v) is 11.7. The number of alkyl halides is 3. The normalized spacial score (nSPS) is 17.4. The van der Waals surface area contributed by atoms with E-state index < -0.39 is 27.8 Å². The van der Waals surface area contributed by atoms with Gasteiger partial charge in [-0.3, -0.25) is 0 Å². The van der Waals surface area contributed by atoms with Gasteiger partial charge in [-0.25, -0.2) is 13.1 Å². The number of rotatable bonds is 6. The Morgan fingerprint density at radius 3 is 2.42 bits per heavy atom. The maximum atomic E-state index is 13.8. The van der Waals surface area contributed by atoms with Crippen LogP contribution < -0.4 is 4.74 Å². The SMILES string of the molecule is O=S1(=O)c2ccc(Br)cc2OC[C@@H](Cc2ccccc2)N1Cc1cn(Cc2ccc(C(F)(F)F)cc2)nn1. The lowest BCUT2D eigenvalue weighted by atomic mass is 10.1. The van der Waals surface area contributed by atoms with Gasteiger partial charge >= 0.3 is 6.18 Å². The molecule has 7 nitrogen and oxygen atoms in total. The number of fused-ring (bicyclic) bond motifs is 1. The number of aromatic nitrogens is 3. The summed E-state index contributed by atoms with van der Waals surface area (Å²) >= 11 is 3.37. The van der Waals surface area contributed by atoms with Gasteiger partial charge in [0, 0.05) is 4.47 Å². The Labute approximate surface area is 226 Å². The molecule has 0 amide bonds. The van der Waals surface area contributed by atoms with Crippen LogP contribution in [-0.4, -0.2) is 40.4 Å². The van der Waals surface area contributed by atoms with Gasteiger partial charge in [-0.1, -0.05) is 63.6 Å². The highest BCUT2D eigenvalue weighted by Crippen LogP contribution is 2.35. The fraction of sp³-hybridized carbons (Fsp3) is 0.231. The van der Waals surface area contributed by atoms with Crippen LogP contribution in [0.3, 0.4) is 0 Å². The highest BCUT2D eigenvalue weighted by Gasteiger charge is 2.38. The number of ether oxygens (including phenoxy) is 1. The molecule has 198 valence electrons. The monoisotopic (exact) mass is 606 g/mol. The number of hydrogen-bond donors (Lipinski definition) is 0.